The third-order valence-electron chi connectivity index (χ3n) is 7.56. The number of carbonyl (C=O) groups excluding carboxylic acids is 3. The average molecular weight is 486 g/mol. The number of rotatable bonds is 5. The molecular weight excluding hydrogens is 458 g/mol. The summed E-state index contributed by atoms with van der Waals surface area (Å²) >= 11 is 1.58. The molecule has 1 spiro atoms. The molecular formula is C28H27N3O3S. The van der Waals surface area contributed by atoms with Gasteiger partial charge in [0.15, 0.2) is 0 Å². The molecule has 1 aromatic heterocycles. The standard InChI is InChI=1S/C28H27N3O3S/c32-24(17-31-26(33)28(30-27(31)34)14-13-19-7-3-4-9-22(19)28)29-25(23-10-5-15-35-23)21-12-11-18-6-1-2-8-20(18)16-21/h3-5,7,9-12,15-16,25H,1-2,6,8,13-14,17H2,(H,29,32)(H,30,34). The highest BCUT2D eigenvalue weighted by Gasteiger charge is 2.55. The highest BCUT2D eigenvalue weighted by molar-refractivity contribution is 7.10. The Morgan fingerprint density at radius 1 is 1.00 bits per heavy atom. The molecule has 178 valence electrons. The number of hydrogen-bond acceptors (Lipinski definition) is 4. The van der Waals surface area contributed by atoms with E-state index in [4.69, 9.17) is 0 Å². The lowest BCUT2D eigenvalue weighted by Crippen LogP contribution is -2.44. The number of nitrogens with zero attached hydrogens (tertiary/aromatic N) is 1. The number of nitrogens with one attached hydrogen (secondary N) is 2. The van der Waals surface area contributed by atoms with Gasteiger partial charge in [0.25, 0.3) is 5.91 Å². The van der Waals surface area contributed by atoms with Crippen LogP contribution in [0.15, 0.2) is 60.0 Å². The molecule has 0 saturated carbocycles. The van der Waals surface area contributed by atoms with Crippen LogP contribution in [0.2, 0.25) is 0 Å². The minimum atomic E-state index is -1.06. The molecule has 2 aliphatic carbocycles. The highest BCUT2D eigenvalue weighted by Crippen LogP contribution is 2.41. The first-order valence-electron chi connectivity index (χ1n) is 12.2. The molecule has 6 rings (SSSR count). The third-order valence-corrected chi connectivity index (χ3v) is 8.50. The van der Waals surface area contributed by atoms with Crippen LogP contribution in [-0.2, 0) is 34.4 Å². The van der Waals surface area contributed by atoms with Crippen molar-refractivity contribution in [1.82, 2.24) is 15.5 Å². The molecule has 3 aliphatic rings. The molecule has 1 aliphatic heterocycles. The van der Waals surface area contributed by atoms with Crippen LogP contribution in [0, 0.1) is 0 Å². The summed E-state index contributed by atoms with van der Waals surface area (Å²) in [5.41, 5.74) is 4.61. The van der Waals surface area contributed by atoms with Gasteiger partial charge < -0.3 is 10.6 Å². The zero-order valence-electron chi connectivity index (χ0n) is 19.4. The topological polar surface area (TPSA) is 78.5 Å². The first-order valence-corrected chi connectivity index (χ1v) is 13.1. The maximum atomic E-state index is 13.4. The van der Waals surface area contributed by atoms with E-state index < -0.39 is 11.6 Å². The molecule has 3 aromatic rings. The van der Waals surface area contributed by atoms with Crippen molar-refractivity contribution in [3.05, 3.63) is 92.7 Å². The predicted molar refractivity (Wildman–Crippen MR) is 134 cm³/mol. The highest BCUT2D eigenvalue weighted by atomic mass is 32.1. The zero-order valence-corrected chi connectivity index (χ0v) is 20.2. The van der Waals surface area contributed by atoms with E-state index in [1.165, 1.54) is 24.0 Å². The van der Waals surface area contributed by atoms with Crippen molar-refractivity contribution < 1.29 is 14.4 Å². The van der Waals surface area contributed by atoms with Crippen molar-refractivity contribution >= 4 is 29.2 Å². The second-order valence-electron chi connectivity index (χ2n) is 9.64. The first-order chi connectivity index (χ1) is 17.0. The van der Waals surface area contributed by atoms with Crippen LogP contribution in [0.3, 0.4) is 0 Å². The van der Waals surface area contributed by atoms with Gasteiger partial charge in [0.05, 0.1) is 6.04 Å². The Hall–Kier alpha value is -3.45. The molecule has 7 heteroatoms. The van der Waals surface area contributed by atoms with E-state index in [1.807, 2.05) is 41.8 Å². The number of amides is 4. The number of aryl methyl sites for hydroxylation is 3. The Bertz CT molecular complexity index is 1320. The van der Waals surface area contributed by atoms with Crippen LogP contribution in [0.25, 0.3) is 0 Å². The molecule has 1 fully saturated rings. The SMILES string of the molecule is O=C(CN1C(=O)NC2(CCc3ccccc32)C1=O)NC(c1ccc2c(c1)CCCC2)c1cccs1. The molecule has 6 nitrogen and oxygen atoms in total. The lowest BCUT2D eigenvalue weighted by Gasteiger charge is -2.24. The van der Waals surface area contributed by atoms with Crippen molar-refractivity contribution in [2.45, 2.75) is 50.1 Å². The van der Waals surface area contributed by atoms with E-state index in [0.717, 1.165) is 45.7 Å². The van der Waals surface area contributed by atoms with Gasteiger partial charge in [-0.25, -0.2) is 4.79 Å². The number of benzene rings is 2. The fourth-order valence-electron chi connectivity index (χ4n) is 5.79. The summed E-state index contributed by atoms with van der Waals surface area (Å²) < 4.78 is 0. The molecule has 2 heterocycles. The summed E-state index contributed by atoms with van der Waals surface area (Å²) in [5, 5.41) is 7.99. The number of fused-ring (bicyclic) bond motifs is 3. The average Bonchev–Trinajstić information content (AvgIpc) is 3.59. The first kappa shape index (κ1) is 22.0. The fourth-order valence-corrected chi connectivity index (χ4v) is 6.59. The number of imide groups is 1. The normalized spacial score (nSPS) is 21.5. The van der Waals surface area contributed by atoms with Crippen molar-refractivity contribution in [2.24, 2.45) is 0 Å². The number of carbonyl (C=O) groups is 3. The quantitative estimate of drug-likeness (QED) is 0.531. The van der Waals surface area contributed by atoms with E-state index in [9.17, 15) is 14.4 Å². The van der Waals surface area contributed by atoms with Crippen LogP contribution in [0.5, 0.6) is 0 Å². The molecule has 2 N–H and O–H groups in total. The van der Waals surface area contributed by atoms with E-state index >= 15 is 0 Å². The van der Waals surface area contributed by atoms with E-state index in [-0.39, 0.29) is 24.4 Å². The van der Waals surface area contributed by atoms with Gasteiger partial charge in [-0.2, -0.15) is 0 Å². The molecule has 1 saturated heterocycles. The summed E-state index contributed by atoms with van der Waals surface area (Å²) in [6, 6.07) is 17.3. The monoisotopic (exact) mass is 485 g/mol. The molecule has 2 aromatic carbocycles. The molecule has 2 atom stereocenters. The number of hydrogen-bond donors (Lipinski definition) is 2. The summed E-state index contributed by atoms with van der Waals surface area (Å²) in [4.78, 5) is 41.6. The Morgan fingerprint density at radius 3 is 2.66 bits per heavy atom. The summed E-state index contributed by atoms with van der Waals surface area (Å²) in [5.74, 6) is -0.697. The molecule has 4 amide bonds. The maximum absolute atomic E-state index is 13.4. The van der Waals surface area contributed by atoms with Gasteiger partial charge >= 0.3 is 6.03 Å². The second-order valence-corrected chi connectivity index (χ2v) is 10.6. The van der Waals surface area contributed by atoms with Crippen molar-refractivity contribution in [3.63, 3.8) is 0 Å². The summed E-state index contributed by atoms with van der Waals surface area (Å²) in [6.45, 7) is -0.304. The Kier molecular flexibility index (Phi) is 5.44. The number of thiophene rings is 1. The second kappa shape index (κ2) is 8.64. The van der Waals surface area contributed by atoms with Crippen LogP contribution in [-0.4, -0.2) is 29.3 Å². The third kappa shape index (κ3) is 3.74. The van der Waals surface area contributed by atoms with E-state index in [1.54, 1.807) is 11.3 Å². The minimum absolute atomic E-state index is 0.304. The van der Waals surface area contributed by atoms with Gasteiger partial charge in [0.2, 0.25) is 5.91 Å². The van der Waals surface area contributed by atoms with E-state index in [0.29, 0.717) is 6.42 Å². The maximum Gasteiger partial charge on any atom is 0.325 e. The minimum Gasteiger partial charge on any atom is -0.343 e. The molecule has 0 bridgehead atoms. The lowest BCUT2D eigenvalue weighted by molar-refractivity contribution is -0.135. The van der Waals surface area contributed by atoms with Crippen molar-refractivity contribution in [3.8, 4) is 0 Å². The summed E-state index contributed by atoms with van der Waals surface area (Å²) in [7, 11) is 0. The van der Waals surface area contributed by atoms with Crippen molar-refractivity contribution in [2.75, 3.05) is 6.54 Å². The van der Waals surface area contributed by atoms with Gasteiger partial charge in [-0.15, -0.1) is 11.3 Å². The van der Waals surface area contributed by atoms with Gasteiger partial charge in [-0.05, 0) is 77.8 Å². The molecule has 2 unspecified atom stereocenters. The lowest BCUT2D eigenvalue weighted by atomic mass is 9.89. The largest absolute Gasteiger partial charge is 0.343 e. The smallest absolute Gasteiger partial charge is 0.325 e. The molecule has 35 heavy (non-hydrogen) atoms. The van der Waals surface area contributed by atoms with Crippen LogP contribution >= 0.6 is 11.3 Å². The fraction of sp³-hybridized carbons (Fsp3) is 0.321. The van der Waals surface area contributed by atoms with Crippen LogP contribution in [0.4, 0.5) is 4.79 Å². The Morgan fingerprint density at radius 2 is 1.83 bits per heavy atom. The van der Waals surface area contributed by atoms with Gasteiger partial charge in [0, 0.05) is 4.88 Å². The Labute approximate surface area is 208 Å². The zero-order chi connectivity index (χ0) is 24.0. The predicted octanol–water partition coefficient (Wildman–Crippen LogP) is 4.23. The molecule has 0 radical (unpaired) electrons. The number of urea groups is 1. The van der Waals surface area contributed by atoms with Gasteiger partial charge in [0.1, 0.15) is 12.1 Å². The summed E-state index contributed by atoms with van der Waals surface area (Å²) in [6.07, 6.45) is 5.80. The van der Waals surface area contributed by atoms with Crippen LogP contribution in [0.1, 0.15) is 58.0 Å². The van der Waals surface area contributed by atoms with Crippen LogP contribution < -0.4 is 10.6 Å². The van der Waals surface area contributed by atoms with Crippen molar-refractivity contribution in [1.29, 1.82) is 0 Å². The van der Waals surface area contributed by atoms with E-state index in [2.05, 4.69) is 28.8 Å². The Balaban J connectivity index is 1.23. The van der Waals surface area contributed by atoms with Gasteiger partial charge in [-0.3, -0.25) is 14.5 Å². The van der Waals surface area contributed by atoms with Gasteiger partial charge in [-0.1, -0.05) is 48.5 Å².